The fourth-order valence-corrected chi connectivity index (χ4v) is 3.18. The van der Waals surface area contributed by atoms with Gasteiger partial charge in [0.2, 0.25) is 0 Å². The van der Waals surface area contributed by atoms with Gasteiger partial charge in [0.1, 0.15) is 0 Å². The van der Waals surface area contributed by atoms with Crippen molar-refractivity contribution >= 4 is 29.3 Å². The van der Waals surface area contributed by atoms with Crippen LogP contribution in [0.3, 0.4) is 0 Å². The third-order valence-electron chi connectivity index (χ3n) is 3.33. The lowest BCUT2D eigenvalue weighted by Gasteiger charge is -2.34. The fraction of sp³-hybridized carbons (Fsp3) is 0.429. The fourth-order valence-electron chi connectivity index (χ4n) is 2.31. The van der Waals surface area contributed by atoms with Gasteiger partial charge >= 0.3 is 5.97 Å². The van der Waals surface area contributed by atoms with Crippen LogP contribution in [0.1, 0.15) is 33.8 Å². The number of hydrogen-bond acceptors (Lipinski definition) is 4. The molecule has 6 heteroatoms. The molecule has 0 bridgehead atoms. The Morgan fingerprint density at radius 2 is 2.20 bits per heavy atom. The Bertz CT molecular complexity index is 523. The molecule has 1 aromatic rings. The summed E-state index contributed by atoms with van der Waals surface area (Å²) in [4.78, 5) is 25.9. The number of carbonyl (C=O) groups is 2. The molecule has 0 saturated carbocycles. The zero-order valence-electron chi connectivity index (χ0n) is 11.0. The Kier molecular flexibility index (Phi) is 4.92. The predicted octanol–water partition coefficient (Wildman–Crippen LogP) is 1.83. The molecule has 0 radical (unpaired) electrons. The maximum absolute atomic E-state index is 12.4. The van der Waals surface area contributed by atoms with Crippen molar-refractivity contribution in [1.82, 2.24) is 4.90 Å². The summed E-state index contributed by atoms with van der Waals surface area (Å²) >= 11 is 1.27. The van der Waals surface area contributed by atoms with Crippen molar-refractivity contribution in [2.45, 2.75) is 25.3 Å². The van der Waals surface area contributed by atoms with E-state index in [1.54, 1.807) is 17.0 Å². The van der Waals surface area contributed by atoms with E-state index in [9.17, 15) is 14.7 Å². The molecule has 1 aromatic heterocycles. The van der Waals surface area contributed by atoms with Crippen molar-refractivity contribution in [1.29, 1.82) is 0 Å². The van der Waals surface area contributed by atoms with Crippen molar-refractivity contribution in [2.75, 3.05) is 13.2 Å². The lowest BCUT2D eigenvalue weighted by molar-refractivity contribution is -0.131. The standard InChI is InChI=1S/C14H17NO4S/c16-9-10-3-1-2-8-15(10)14(19)12-6-4-11(20-12)5-7-13(17)18/h4-7,10,16H,1-3,8-9H2,(H,17,18). The van der Waals surface area contributed by atoms with E-state index < -0.39 is 5.97 Å². The second-order valence-corrected chi connectivity index (χ2v) is 5.82. The Morgan fingerprint density at radius 1 is 1.40 bits per heavy atom. The maximum atomic E-state index is 12.4. The number of piperidine rings is 1. The predicted molar refractivity (Wildman–Crippen MR) is 76.8 cm³/mol. The highest BCUT2D eigenvalue weighted by atomic mass is 32.1. The number of rotatable bonds is 4. The van der Waals surface area contributed by atoms with Crippen molar-refractivity contribution in [2.24, 2.45) is 0 Å². The van der Waals surface area contributed by atoms with Crippen LogP contribution < -0.4 is 0 Å². The molecule has 20 heavy (non-hydrogen) atoms. The highest BCUT2D eigenvalue weighted by molar-refractivity contribution is 7.14. The molecule has 108 valence electrons. The molecule has 0 aliphatic carbocycles. The van der Waals surface area contributed by atoms with Crippen LogP contribution >= 0.6 is 11.3 Å². The van der Waals surface area contributed by atoms with Crippen LogP contribution in [0.2, 0.25) is 0 Å². The molecule has 2 rings (SSSR count). The number of carboxylic acid groups (broad SMARTS) is 1. The molecule has 1 aliphatic rings. The number of carboxylic acids is 1. The smallest absolute Gasteiger partial charge is 0.328 e. The quantitative estimate of drug-likeness (QED) is 0.831. The third kappa shape index (κ3) is 3.46. The van der Waals surface area contributed by atoms with Gasteiger partial charge in [-0.05, 0) is 37.5 Å². The van der Waals surface area contributed by atoms with Crippen LogP contribution in [0.5, 0.6) is 0 Å². The van der Waals surface area contributed by atoms with Crippen LogP contribution in [0.25, 0.3) is 6.08 Å². The monoisotopic (exact) mass is 295 g/mol. The average molecular weight is 295 g/mol. The van der Waals surface area contributed by atoms with E-state index >= 15 is 0 Å². The van der Waals surface area contributed by atoms with Gasteiger partial charge in [-0.3, -0.25) is 4.79 Å². The first-order valence-electron chi connectivity index (χ1n) is 6.54. The summed E-state index contributed by atoms with van der Waals surface area (Å²) in [7, 11) is 0. The van der Waals surface area contributed by atoms with E-state index in [4.69, 9.17) is 5.11 Å². The summed E-state index contributed by atoms with van der Waals surface area (Å²) in [6.45, 7) is 0.658. The molecule has 0 aromatic carbocycles. The van der Waals surface area contributed by atoms with Crippen molar-refractivity contribution in [3.63, 3.8) is 0 Å². The van der Waals surface area contributed by atoms with Gasteiger partial charge < -0.3 is 15.1 Å². The Hall–Kier alpha value is -1.66. The average Bonchev–Trinajstić information content (AvgIpc) is 2.93. The zero-order valence-corrected chi connectivity index (χ0v) is 11.8. The van der Waals surface area contributed by atoms with Gasteiger partial charge in [0.25, 0.3) is 5.91 Å². The number of hydrogen-bond donors (Lipinski definition) is 2. The van der Waals surface area contributed by atoms with Crippen LogP contribution in [0.15, 0.2) is 18.2 Å². The Labute approximate surface area is 121 Å². The summed E-state index contributed by atoms with van der Waals surface area (Å²) < 4.78 is 0. The number of carbonyl (C=O) groups excluding carboxylic acids is 1. The first-order chi connectivity index (χ1) is 9.61. The molecule has 1 aliphatic heterocycles. The van der Waals surface area contributed by atoms with Crippen molar-refractivity contribution in [3.8, 4) is 0 Å². The van der Waals surface area contributed by atoms with Crippen molar-refractivity contribution < 1.29 is 19.8 Å². The van der Waals surface area contributed by atoms with E-state index in [1.807, 2.05) is 0 Å². The van der Waals surface area contributed by atoms with Gasteiger partial charge in [-0.25, -0.2) is 4.79 Å². The Morgan fingerprint density at radius 3 is 2.90 bits per heavy atom. The normalized spacial score (nSPS) is 19.4. The van der Waals surface area contributed by atoms with E-state index in [0.717, 1.165) is 30.2 Å². The number of aliphatic hydroxyl groups excluding tert-OH is 1. The minimum atomic E-state index is -1.01. The van der Waals surface area contributed by atoms with E-state index in [-0.39, 0.29) is 18.6 Å². The second-order valence-electron chi connectivity index (χ2n) is 4.70. The number of aliphatic hydroxyl groups is 1. The number of nitrogens with zero attached hydrogens (tertiary/aromatic N) is 1. The summed E-state index contributed by atoms with van der Waals surface area (Å²) in [5.41, 5.74) is 0. The van der Waals surface area contributed by atoms with E-state index in [1.165, 1.54) is 17.4 Å². The van der Waals surface area contributed by atoms with Gasteiger partial charge in [-0.2, -0.15) is 0 Å². The molecule has 2 heterocycles. The number of likely N-dealkylation sites (tertiary alicyclic amines) is 1. The molecular formula is C14H17NO4S. The van der Waals surface area contributed by atoms with Gasteiger partial charge in [0.15, 0.2) is 0 Å². The molecule has 2 N–H and O–H groups in total. The third-order valence-corrected chi connectivity index (χ3v) is 4.36. The topological polar surface area (TPSA) is 77.8 Å². The largest absolute Gasteiger partial charge is 0.478 e. The van der Waals surface area contributed by atoms with Crippen molar-refractivity contribution in [3.05, 3.63) is 28.0 Å². The summed E-state index contributed by atoms with van der Waals surface area (Å²) in [6.07, 6.45) is 5.35. The molecule has 1 saturated heterocycles. The molecule has 5 nitrogen and oxygen atoms in total. The van der Waals surface area contributed by atoms with Gasteiger partial charge in [-0.15, -0.1) is 11.3 Å². The van der Waals surface area contributed by atoms with Crippen LogP contribution in [0, 0.1) is 0 Å². The molecule has 1 amide bonds. The number of aliphatic carboxylic acids is 1. The molecule has 0 spiro atoms. The van der Waals surface area contributed by atoms with Crippen LogP contribution in [-0.4, -0.2) is 46.2 Å². The SMILES string of the molecule is O=C(O)C=Cc1ccc(C(=O)N2CCCCC2CO)s1. The maximum Gasteiger partial charge on any atom is 0.328 e. The highest BCUT2D eigenvalue weighted by Gasteiger charge is 2.27. The lowest BCUT2D eigenvalue weighted by Crippen LogP contribution is -2.45. The van der Waals surface area contributed by atoms with Gasteiger partial charge in [0.05, 0.1) is 17.5 Å². The number of amides is 1. The first-order valence-corrected chi connectivity index (χ1v) is 7.36. The molecular weight excluding hydrogens is 278 g/mol. The minimum absolute atomic E-state index is 0.0110. The number of thiophene rings is 1. The highest BCUT2D eigenvalue weighted by Crippen LogP contribution is 2.24. The minimum Gasteiger partial charge on any atom is -0.478 e. The molecule has 1 atom stereocenters. The summed E-state index contributed by atoms with van der Waals surface area (Å²) in [6, 6.07) is 3.34. The van der Waals surface area contributed by atoms with E-state index in [2.05, 4.69) is 0 Å². The second kappa shape index (κ2) is 6.67. The molecule has 1 fully saturated rings. The van der Waals surface area contributed by atoms with Crippen LogP contribution in [0.4, 0.5) is 0 Å². The molecule has 1 unspecified atom stereocenters. The van der Waals surface area contributed by atoms with E-state index in [0.29, 0.717) is 11.4 Å². The zero-order chi connectivity index (χ0) is 14.5. The van der Waals surface area contributed by atoms with Gasteiger partial charge in [0, 0.05) is 17.5 Å². The summed E-state index contributed by atoms with van der Waals surface area (Å²) in [5, 5.41) is 17.9. The summed E-state index contributed by atoms with van der Waals surface area (Å²) in [5.74, 6) is -1.09. The van der Waals surface area contributed by atoms with Gasteiger partial charge in [-0.1, -0.05) is 0 Å². The first kappa shape index (κ1) is 14.7. The lowest BCUT2D eigenvalue weighted by atomic mass is 10.0. The Balaban J connectivity index is 2.10. The van der Waals surface area contributed by atoms with Crippen LogP contribution in [-0.2, 0) is 4.79 Å².